The molecule has 0 spiro atoms. The smallest absolute Gasteiger partial charge is 0.223 e. The number of fused-ring (bicyclic) bond motifs is 1. The van der Waals surface area contributed by atoms with Crippen LogP contribution >= 0.6 is 11.6 Å². The fraction of sp³-hybridized carbons (Fsp3) is 0.417. The highest BCUT2D eigenvalue weighted by atomic mass is 35.5. The lowest BCUT2D eigenvalue weighted by atomic mass is 10.1. The third-order valence-electron chi connectivity index (χ3n) is 6.30. The molecule has 1 saturated heterocycles. The fourth-order valence-corrected chi connectivity index (χ4v) is 5.49. The molecule has 1 fully saturated rings. The van der Waals surface area contributed by atoms with Gasteiger partial charge in [0.2, 0.25) is 5.91 Å². The number of nitrogens with zero attached hydrogens (tertiary/aromatic N) is 3. The number of ether oxygens (including phenoxy) is 1. The van der Waals surface area contributed by atoms with E-state index in [1.165, 1.54) is 0 Å². The Balaban J connectivity index is 1.27. The van der Waals surface area contributed by atoms with E-state index in [0.29, 0.717) is 24.7 Å². The number of piperidine rings is 1. The maximum atomic E-state index is 12.8. The summed E-state index contributed by atoms with van der Waals surface area (Å²) in [4.78, 5) is 18.9. The first kappa shape index (κ1) is 23.7. The molecule has 0 unspecified atom stereocenters. The molecule has 176 valence electrons. The van der Waals surface area contributed by atoms with E-state index in [1.54, 1.807) is 41.3 Å². The summed E-state index contributed by atoms with van der Waals surface area (Å²) < 4.78 is 33.6. The molecule has 0 atom stereocenters. The van der Waals surface area contributed by atoms with Crippen LogP contribution in [0.3, 0.4) is 0 Å². The number of aromatic nitrogens is 2. The predicted molar refractivity (Wildman–Crippen MR) is 128 cm³/mol. The number of rotatable bonds is 7. The standard InChI is InChI=1S/C24H28ClN3O4S/c1-17-26-15-21(27(17)2)16-32-22-7-10-28(11-8-22)24(29)9-12-33(30,31)23-6-4-18-13-20(25)5-3-19(18)14-23/h3-6,13-15,22H,7-12,16H2,1-2H3. The lowest BCUT2D eigenvalue weighted by molar-refractivity contribution is -0.133. The summed E-state index contributed by atoms with van der Waals surface area (Å²) in [7, 11) is -1.60. The van der Waals surface area contributed by atoms with E-state index in [0.717, 1.165) is 35.1 Å². The molecule has 0 N–H and O–H groups in total. The van der Waals surface area contributed by atoms with Crippen LogP contribution in [-0.2, 0) is 33.0 Å². The normalized spacial score (nSPS) is 15.3. The number of halogens is 1. The van der Waals surface area contributed by atoms with E-state index in [1.807, 2.05) is 24.7 Å². The molecule has 0 bridgehead atoms. The Labute approximate surface area is 199 Å². The van der Waals surface area contributed by atoms with E-state index in [4.69, 9.17) is 16.3 Å². The van der Waals surface area contributed by atoms with Gasteiger partial charge in [0.15, 0.2) is 9.84 Å². The molecule has 3 aromatic rings. The number of aryl methyl sites for hydroxylation is 1. The van der Waals surface area contributed by atoms with Gasteiger partial charge in [0.05, 0.1) is 35.2 Å². The number of likely N-dealkylation sites (tertiary alicyclic amines) is 1. The van der Waals surface area contributed by atoms with Gasteiger partial charge in [-0.05, 0) is 54.8 Å². The number of hydrogen-bond donors (Lipinski definition) is 0. The average Bonchev–Trinajstić information content (AvgIpc) is 3.13. The van der Waals surface area contributed by atoms with Crippen molar-refractivity contribution in [1.82, 2.24) is 14.5 Å². The maximum absolute atomic E-state index is 12.8. The van der Waals surface area contributed by atoms with Crippen LogP contribution in [0.15, 0.2) is 47.5 Å². The number of carbonyl (C=O) groups excluding carboxylic acids is 1. The Bertz CT molecular complexity index is 1260. The van der Waals surface area contributed by atoms with Crippen LogP contribution in [0.4, 0.5) is 0 Å². The summed E-state index contributed by atoms with van der Waals surface area (Å²) in [6.45, 7) is 3.59. The van der Waals surface area contributed by atoms with E-state index >= 15 is 0 Å². The van der Waals surface area contributed by atoms with Crippen LogP contribution in [0, 0.1) is 6.92 Å². The van der Waals surface area contributed by atoms with Crippen LogP contribution in [0.1, 0.15) is 30.8 Å². The highest BCUT2D eigenvalue weighted by Crippen LogP contribution is 2.24. The molecule has 1 aromatic heterocycles. The SMILES string of the molecule is Cc1ncc(COC2CCN(C(=O)CCS(=O)(=O)c3ccc4cc(Cl)ccc4c3)CC2)n1C. The maximum Gasteiger partial charge on any atom is 0.223 e. The Kier molecular flexibility index (Phi) is 7.07. The summed E-state index contributed by atoms with van der Waals surface area (Å²) in [6, 6.07) is 10.3. The highest BCUT2D eigenvalue weighted by molar-refractivity contribution is 7.91. The Hall–Kier alpha value is -2.42. The van der Waals surface area contributed by atoms with Crippen molar-refractivity contribution in [2.24, 2.45) is 7.05 Å². The summed E-state index contributed by atoms with van der Waals surface area (Å²) in [5.41, 5.74) is 1.02. The zero-order valence-corrected chi connectivity index (χ0v) is 20.4. The minimum atomic E-state index is -3.56. The van der Waals surface area contributed by atoms with E-state index < -0.39 is 9.84 Å². The van der Waals surface area contributed by atoms with Crippen molar-refractivity contribution in [3.63, 3.8) is 0 Å². The minimum Gasteiger partial charge on any atom is -0.372 e. The molecule has 0 saturated carbocycles. The quantitative estimate of drug-likeness (QED) is 0.502. The second-order valence-electron chi connectivity index (χ2n) is 8.47. The monoisotopic (exact) mass is 489 g/mol. The number of benzene rings is 2. The van der Waals surface area contributed by atoms with E-state index in [9.17, 15) is 13.2 Å². The van der Waals surface area contributed by atoms with Crippen LogP contribution in [0.2, 0.25) is 5.02 Å². The van der Waals surface area contributed by atoms with Gasteiger partial charge < -0.3 is 14.2 Å². The van der Waals surface area contributed by atoms with Crippen LogP contribution in [-0.4, -0.2) is 53.7 Å². The lowest BCUT2D eigenvalue weighted by Gasteiger charge is -2.32. The molecule has 7 nitrogen and oxygen atoms in total. The van der Waals surface area contributed by atoms with Crippen molar-refractivity contribution >= 4 is 38.1 Å². The van der Waals surface area contributed by atoms with Crippen molar-refractivity contribution < 1.29 is 17.9 Å². The van der Waals surface area contributed by atoms with Gasteiger partial charge in [0.1, 0.15) is 5.82 Å². The number of hydrogen-bond acceptors (Lipinski definition) is 5. The first-order valence-corrected chi connectivity index (χ1v) is 13.0. The van der Waals surface area contributed by atoms with Crippen molar-refractivity contribution in [2.45, 2.75) is 43.8 Å². The van der Waals surface area contributed by atoms with Gasteiger partial charge in [0, 0.05) is 31.6 Å². The second kappa shape index (κ2) is 9.83. The van der Waals surface area contributed by atoms with Gasteiger partial charge in [-0.15, -0.1) is 0 Å². The lowest BCUT2D eigenvalue weighted by Crippen LogP contribution is -2.41. The van der Waals surface area contributed by atoms with Gasteiger partial charge in [-0.3, -0.25) is 4.79 Å². The van der Waals surface area contributed by atoms with Crippen molar-refractivity contribution in [3.05, 3.63) is 59.1 Å². The first-order chi connectivity index (χ1) is 15.7. The van der Waals surface area contributed by atoms with Crippen LogP contribution in [0.25, 0.3) is 10.8 Å². The van der Waals surface area contributed by atoms with Crippen LogP contribution in [0.5, 0.6) is 0 Å². The molecule has 4 rings (SSSR count). The number of sulfone groups is 1. The predicted octanol–water partition coefficient (Wildman–Crippen LogP) is 3.91. The van der Waals surface area contributed by atoms with Gasteiger partial charge in [-0.2, -0.15) is 0 Å². The third kappa shape index (κ3) is 5.57. The van der Waals surface area contributed by atoms with Gasteiger partial charge in [0.25, 0.3) is 0 Å². The Morgan fingerprint density at radius 3 is 2.55 bits per heavy atom. The molecule has 1 aliphatic rings. The second-order valence-corrected chi connectivity index (χ2v) is 11.0. The highest BCUT2D eigenvalue weighted by Gasteiger charge is 2.25. The fourth-order valence-electron chi connectivity index (χ4n) is 4.04. The molecule has 1 amide bonds. The number of imidazole rings is 1. The van der Waals surface area contributed by atoms with E-state index in [-0.39, 0.29) is 29.1 Å². The van der Waals surface area contributed by atoms with E-state index in [2.05, 4.69) is 4.98 Å². The zero-order valence-electron chi connectivity index (χ0n) is 18.8. The number of carbonyl (C=O) groups is 1. The number of amides is 1. The topological polar surface area (TPSA) is 81.5 Å². The van der Waals surface area contributed by atoms with Crippen molar-refractivity contribution in [1.29, 1.82) is 0 Å². The molecule has 1 aliphatic heterocycles. The zero-order chi connectivity index (χ0) is 23.6. The van der Waals surface area contributed by atoms with Gasteiger partial charge >= 0.3 is 0 Å². The third-order valence-corrected chi connectivity index (χ3v) is 8.24. The van der Waals surface area contributed by atoms with Crippen molar-refractivity contribution in [3.8, 4) is 0 Å². The molecule has 2 heterocycles. The summed E-state index contributed by atoms with van der Waals surface area (Å²) in [5.74, 6) is 0.602. The molecular weight excluding hydrogens is 462 g/mol. The Morgan fingerprint density at radius 2 is 1.85 bits per heavy atom. The average molecular weight is 490 g/mol. The summed E-state index contributed by atoms with van der Waals surface area (Å²) in [5, 5.41) is 2.28. The Morgan fingerprint density at radius 1 is 1.15 bits per heavy atom. The summed E-state index contributed by atoms with van der Waals surface area (Å²) >= 11 is 6.00. The molecule has 2 aromatic carbocycles. The molecular formula is C24H28ClN3O4S. The molecule has 33 heavy (non-hydrogen) atoms. The molecule has 0 radical (unpaired) electrons. The first-order valence-electron chi connectivity index (χ1n) is 11.0. The summed E-state index contributed by atoms with van der Waals surface area (Å²) in [6.07, 6.45) is 3.35. The minimum absolute atomic E-state index is 0.0270. The van der Waals surface area contributed by atoms with Gasteiger partial charge in [-0.25, -0.2) is 13.4 Å². The largest absolute Gasteiger partial charge is 0.372 e. The van der Waals surface area contributed by atoms with Crippen molar-refractivity contribution in [2.75, 3.05) is 18.8 Å². The molecule has 0 aliphatic carbocycles. The van der Waals surface area contributed by atoms with Crippen LogP contribution < -0.4 is 0 Å². The molecule has 9 heteroatoms. The van der Waals surface area contributed by atoms with Gasteiger partial charge in [-0.1, -0.05) is 23.7 Å².